The summed E-state index contributed by atoms with van der Waals surface area (Å²) in [6, 6.07) is 0. The molecule has 7 nitrogen and oxygen atoms in total. The van der Waals surface area contributed by atoms with Crippen LogP contribution >= 0.6 is 12.0 Å². The zero-order chi connectivity index (χ0) is 33.8. The van der Waals surface area contributed by atoms with Crippen molar-refractivity contribution in [2.45, 2.75) is 72.4 Å². The van der Waals surface area contributed by atoms with Crippen LogP contribution in [0.15, 0.2) is 0 Å². The zero-order valence-electron chi connectivity index (χ0n) is 19.2. The molecular weight excluding hydrogens is 678 g/mol. The lowest BCUT2D eigenvalue weighted by atomic mass is 10.0. The van der Waals surface area contributed by atoms with E-state index in [4.69, 9.17) is 5.26 Å². The third-order valence-corrected chi connectivity index (χ3v) is 5.29. The van der Waals surface area contributed by atoms with E-state index in [9.17, 15) is 88.6 Å². The van der Waals surface area contributed by atoms with E-state index in [2.05, 4.69) is 18.8 Å². The Kier molecular flexibility index (Phi) is 12.6. The fraction of sp³-hybridized carbons (Fsp3) is 0.875. The molecule has 0 saturated heterocycles. The van der Waals surface area contributed by atoms with E-state index in [1.165, 1.54) is 0 Å². The van der Waals surface area contributed by atoms with E-state index >= 15 is 0 Å². The molecule has 0 amide bonds. The smallest absolute Gasteiger partial charge is 0.460 e. The van der Waals surface area contributed by atoms with Crippen LogP contribution in [0.5, 0.6) is 0 Å². The lowest BCUT2D eigenvalue weighted by molar-refractivity contribution is -0.432. The molecule has 0 saturated carbocycles. The average molecular weight is 690 g/mol. The second kappa shape index (κ2) is 13.3. The predicted molar refractivity (Wildman–Crippen MR) is 93.7 cm³/mol. The Morgan fingerprint density at radius 3 is 1.29 bits per heavy atom. The highest BCUT2D eigenvalue weighted by Crippen LogP contribution is 2.55. The second-order valence-corrected chi connectivity index (χ2v) is 8.42. The van der Waals surface area contributed by atoms with Crippen LogP contribution in [0.1, 0.15) is 19.3 Å². The number of rotatable bonds is 16. The summed E-state index contributed by atoms with van der Waals surface area (Å²) >= 11 is -0.566. The fourth-order valence-electron chi connectivity index (χ4n) is 2.23. The lowest BCUT2D eigenvalue weighted by Gasteiger charge is -2.33. The molecule has 42 heavy (non-hydrogen) atoms. The van der Waals surface area contributed by atoms with Crippen LogP contribution in [0.3, 0.4) is 0 Å². The van der Waals surface area contributed by atoms with Gasteiger partial charge in [0.25, 0.3) is 0 Å². The van der Waals surface area contributed by atoms with Crippen LogP contribution in [0.4, 0.5) is 79.0 Å². The molecule has 0 aromatic heterocycles. The van der Waals surface area contributed by atoms with E-state index in [1.54, 1.807) is 0 Å². The highest BCUT2D eigenvalue weighted by Gasteiger charge is 2.82. The van der Waals surface area contributed by atoms with E-state index in [0.717, 1.165) is 0 Å². The van der Waals surface area contributed by atoms with Gasteiger partial charge in [0.2, 0.25) is 0 Å². The first-order valence-corrected chi connectivity index (χ1v) is 10.6. The Balaban J connectivity index is 5.32. The Morgan fingerprint density at radius 1 is 0.595 bits per heavy atom. The SMILES string of the molecule is O=C(CC(SOOO)C(=O)OCCC(F)(F)C(F)(F)C(F)(F)C(F)(F)F)OCCC(F)(F)C(F)(F)C(F)(F)C(F)(F)F. The molecule has 0 rings (SSSR count). The van der Waals surface area contributed by atoms with Crippen molar-refractivity contribution in [3.63, 3.8) is 0 Å². The van der Waals surface area contributed by atoms with Crippen LogP contribution in [0.2, 0.25) is 0 Å². The minimum absolute atomic E-state index is 0.566. The molecule has 0 radical (unpaired) electrons. The number of carbonyl (C=O) groups is 2. The summed E-state index contributed by atoms with van der Waals surface area (Å²) in [7, 11) is 0. The van der Waals surface area contributed by atoms with E-state index in [1.807, 2.05) is 0 Å². The van der Waals surface area contributed by atoms with Gasteiger partial charge >= 0.3 is 59.8 Å². The molecule has 0 bridgehead atoms. The summed E-state index contributed by atoms with van der Waals surface area (Å²) in [6.07, 6.45) is -21.4. The van der Waals surface area contributed by atoms with Gasteiger partial charge in [0.05, 0.1) is 44.5 Å². The van der Waals surface area contributed by atoms with Crippen LogP contribution in [-0.2, 0) is 28.4 Å². The van der Waals surface area contributed by atoms with Crippen LogP contribution in [0.25, 0.3) is 0 Å². The Labute approximate surface area is 223 Å². The highest BCUT2D eigenvalue weighted by atomic mass is 32.2. The molecule has 1 N–H and O–H groups in total. The first-order valence-electron chi connectivity index (χ1n) is 9.80. The molecule has 26 heteroatoms. The van der Waals surface area contributed by atoms with Crippen LogP contribution in [0, 0.1) is 0 Å². The quantitative estimate of drug-likeness (QED) is 0.0636. The number of hydrogen-bond acceptors (Lipinski definition) is 8. The maximum atomic E-state index is 13.4. The number of esters is 2. The number of carbonyl (C=O) groups excluding carboxylic acids is 2. The molecule has 0 aromatic rings. The van der Waals surface area contributed by atoms with Gasteiger partial charge in [-0.05, 0) is 0 Å². The summed E-state index contributed by atoms with van der Waals surface area (Å²) in [5.74, 6) is -45.3. The lowest BCUT2D eigenvalue weighted by Crippen LogP contribution is -2.61. The van der Waals surface area contributed by atoms with E-state index in [-0.39, 0.29) is 0 Å². The number of halogens is 18. The topological polar surface area (TPSA) is 91.3 Å². The van der Waals surface area contributed by atoms with E-state index < -0.39 is 110 Å². The molecule has 0 heterocycles. The van der Waals surface area contributed by atoms with Gasteiger partial charge in [0.15, 0.2) is 0 Å². The molecule has 0 spiro atoms. The van der Waals surface area contributed by atoms with Crippen molar-refractivity contribution in [3.8, 4) is 0 Å². The summed E-state index contributed by atoms with van der Waals surface area (Å²) in [6.45, 7) is -4.13. The average Bonchev–Trinajstić information content (AvgIpc) is 2.79. The Hall–Kier alpha value is -2.09. The first kappa shape index (κ1) is 39.9. The summed E-state index contributed by atoms with van der Waals surface area (Å²) in [5, 5.41) is 8.56. The van der Waals surface area contributed by atoms with Gasteiger partial charge in [-0.3, -0.25) is 9.59 Å². The van der Waals surface area contributed by atoms with Crippen LogP contribution < -0.4 is 0 Å². The first-order chi connectivity index (χ1) is 18.4. The maximum Gasteiger partial charge on any atom is 0.460 e. The molecule has 0 fully saturated rings. The van der Waals surface area contributed by atoms with E-state index in [0.29, 0.717) is 0 Å². The van der Waals surface area contributed by atoms with Gasteiger partial charge in [-0.2, -0.15) is 79.0 Å². The second-order valence-electron chi connectivity index (χ2n) is 7.52. The summed E-state index contributed by atoms with van der Waals surface area (Å²) in [4.78, 5) is 23.4. The summed E-state index contributed by atoms with van der Waals surface area (Å²) in [5.41, 5.74) is 0. The number of hydrogen-bond donors (Lipinski definition) is 1. The zero-order valence-corrected chi connectivity index (χ0v) is 20.0. The van der Waals surface area contributed by atoms with Crippen molar-refractivity contribution < 1.29 is 113 Å². The maximum absolute atomic E-state index is 13.4. The van der Waals surface area contributed by atoms with Crippen LogP contribution in [-0.4, -0.2) is 83.5 Å². The third-order valence-electron chi connectivity index (χ3n) is 4.56. The highest BCUT2D eigenvalue weighted by molar-refractivity contribution is 7.95. The standard InChI is InChI=1S/C16H12F18O7S/c17-9(18,11(21,22)13(25,26)15(29,30)31)1-3-38-7(35)5-6(42-41-40-37)8(36)39-4-2-10(19,20)12(23,24)14(27,28)16(32,33)34/h6,37H,1-5H2. The van der Waals surface area contributed by atoms with Crippen molar-refractivity contribution in [2.75, 3.05) is 13.2 Å². The monoisotopic (exact) mass is 690 g/mol. The molecular formula is C16H12F18O7S. The molecule has 0 aromatic carbocycles. The minimum atomic E-state index is -7.29. The van der Waals surface area contributed by atoms with Crippen molar-refractivity contribution >= 4 is 24.0 Å². The molecule has 1 unspecified atom stereocenters. The number of ether oxygens (including phenoxy) is 2. The molecule has 0 aliphatic carbocycles. The Bertz CT molecular complexity index is 920. The fourth-order valence-corrected chi connectivity index (χ4v) is 2.71. The van der Waals surface area contributed by atoms with Crippen molar-refractivity contribution in [3.05, 3.63) is 0 Å². The normalized spacial score (nSPS) is 15.4. The van der Waals surface area contributed by atoms with Crippen molar-refractivity contribution in [1.29, 1.82) is 0 Å². The molecule has 250 valence electrons. The minimum Gasteiger partial charge on any atom is -0.465 e. The van der Waals surface area contributed by atoms with Gasteiger partial charge < -0.3 is 9.47 Å². The third kappa shape index (κ3) is 8.51. The number of alkyl halides is 18. The van der Waals surface area contributed by atoms with Crippen molar-refractivity contribution in [1.82, 2.24) is 0 Å². The van der Waals surface area contributed by atoms with Gasteiger partial charge in [0.1, 0.15) is 5.25 Å². The van der Waals surface area contributed by atoms with Gasteiger partial charge in [-0.25, -0.2) is 5.26 Å². The molecule has 1 atom stereocenters. The van der Waals surface area contributed by atoms with Gasteiger partial charge in [-0.15, -0.1) is 4.33 Å². The van der Waals surface area contributed by atoms with Crippen molar-refractivity contribution in [2.24, 2.45) is 0 Å². The van der Waals surface area contributed by atoms with Gasteiger partial charge in [-0.1, -0.05) is 5.04 Å². The molecule has 0 aliphatic heterocycles. The predicted octanol–water partition coefficient (Wildman–Crippen LogP) is 6.62. The Morgan fingerprint density at radius 2 is 0.952 bits per heavy atom. The summed E-state index contributed by atoms with van der Waals surface area (Å²) < 4.78 is 241. The molecule has 0 aliphatic rings. The largest absolute Gasteiger partial charge is 0.465 e. The van der Waals surface area contributed by atoms with Gasteiger partial charge in [0, 0.05) is 0 Å².